The van der Waals surface area contributed by atoms with Crippen molar-refractivity contribution in [2.24, 2.45) is 17.0 Å². The van der Waals surface area contributed by atoms with Crippen LogP contribution in [0, 0.1) is 11.8 Å². The summed E-state index contributed by atoms with van der Waals surface area (Å²) in [4.78, 5) is 148. The molecule has 2 unspecified atom stereocenters. The molecule has 73 heavy (non-hydrogen) atoms. The lowest BCUT2D eigenvalue weighted by atomic mass is 9.81. The van der Waals surface area contributed by atoms with E-state index < -0.39 is 211 Å². The maximum absolute atomic E-state index is 15.0. The molecular weight excluding hydrogens is 994 g/mol. The Morgan fingerprint density at radius 2 is 1.33 bits per heavy atom. The fourth-order valence-corrected chi connectivity index (χ4v) is 8.84. The van der Waals surface area contributed by atoms with E-state index in [9.17, 15) is 109 Å². The minimum Gasteiger partial charge on any atom is -0.394 e. The van der Waals surface area contributed by atoms with Crippen LogP contribution < -0.4 is 0 Å². The van der Waals surface area contributed by atoms with Crippen molar-refractivity contribution in [3.05, 3.63) is 46.4 Å². The molecule has 0 bridgehead atoms. The van der Waals surface area contributed by atoms with Gasteiger partial charge in [0.1, 0.15) is 67.1 Å². The van der Waals surface area contributed by atoms with Gasteiger partial charge in [-0.05, 0) is 42.3 Å². The summed E-state index contributed by atoms with van der Waals surface area (Å²) < 4.78 is 34.5. The van der Waals surface area contributed by atoms with E-state index in [1.165, 1.54) is 0 Å². The summed E-state index contributed by atoms with van der Waals surface area (Å²) in [6.45, 7) is -5.84. The van der Waals surface area contributed by atoms with Gasteiger partial charge < -0.3 is 84.6 Å². The van der Waals surface area contributed by atoms with Crippen LogP contribution in [0.5, 0.6) is 0 Å². The summed E-state index contributed by atoms with van der Waals surface area (Å²) in [5.41, 5.74) is 8.15. The van der Waals surface area contributed by atoms with E-state index in [0.717, 1.165) is 0 Å². The first-order valence-electron chi connectivity index (χ1n) is 21.6. The molecule has 0 saturated carbocycles. The number of aliphatic hydroxyl groups is 11. The van der Waals surface area contributed by atoms with Crippen molar-refractivity contribution in [3.63, 3.8) is 0 Å². The third-order valence-electron chi connectivity index (χ3n) is 12.7. The topological polar surface area (TPSA) is 514 Å². The zero-order valence-corrected chi connectivity index (χ0v) is 37.3. The first-order chi connectivity index (χ1) is 34.2. The summed E-state index contributed by atoms with van der Waals surface area (Å²) in [7, 11) is 0. The molecule has 11 N–H and O–H groups in total. The number of rotatable bonds is 20. The molecule has 6 rings (SSSR count). The molecule has 0 spiro atoms. The van der Waals surface area contributed by atoms with Crippen LogP contribution >= 0.6 is 0 Å². The first kappa shape index (κ1) is 56.5. The van der Waals surface area contributed by atoms with Crippen LogP contribution in [0.15, 0.2) is 41.1 Å². The second kappa shape index (κ2) is 21.6. The van der Waals surface area contributed by atoms with Gasteiger partial charge in [0.05, 0.1) is 32.8 Å². The molecule has 0 aromatic heterocycles. The molecular formula is C42H45N3O28. The van der Waals surface area contributed by atoms with E-state index in [1.807, 2.05) is 0 Å². The van der Waals surface area contributed by atoms with Crippen LogP contribution in [-0.2, 0) is 81.2 Å². The maximum atomic E-state index is 15.0. The molecule has 0 radical (unpaired) electrons. The highest BCUT2D eigenvalue weighted by atomic mass is 16.8. The van der Waals surface area contributed by atoms with Crippen LogP contribution in [0.1, 0.15) is 19.3 Å². The minimum atomic E-state index is -4.05. The second-order valence-electron chi connectivity index (χ2n) is 17.3. The molecule has 6 aliphatic rings. The number of nitrogens with zero attached hydrogens (tertiary/aromatic N) is 3. The molecule has 0 amide bonds. The lowest BCUT2D eigenvalue weighted by molar-refractivity contribution is -0.402. The van der Waals surface area contributed by atoms with Gasteiger partial charge in [-0.1, -0.05) is 5.11 Å². The fourth-order valence-electron chi connectivity index (χ4n) is 8.84. The van der Waals surface area contributed by atoms with Gasteiger partial charge in [0, 0.05) is 23.5 Å². The Labute approximate surface area is 406 Å². The van der Waals surface area contributed by atoms with E-state index in [4.69, 9.17) is 34.0 Å². The smallest absolute Gasteiger partial charge is 0.260 e. The van der Waals surface area contributed by atoms with Crippen LogP contribution in [0.2, 0.25) is 0 Å². The van der Waals surface area contributed by atoms with Crippen LogP contribution in [-0.4, -0.2) is 243 Å². The zero-order chi connectivity index (χ0) is 54.3. The number of aliphatic hydroxyl groups excluding tert-OH is 9. The second-order valence-corrected chi connectivity index (χ2v) is 17.3. The Morgan fingerprint density at radius 1 is 0.753 bits per heavy atom. The molecule has 16 atom stereocenters. The highest BCUT2D eigenvalue weighted by Crippen LogP contribution is 2.48. The summed E-state index contributed by atoms with van der Waals surface area (Å²) >= 11 is 0. The highest BCUT2D eigenvalue weighted by Gasteiger charge is 2.72. The van der Waals surface area contributed by atoms with Crippen molar-refractivity contribution in [2.75, 3.05) is 33.0 Å². The number of carbonyl (C=O) groups excluding carboxylic acids is 11. The number of carbonyl (C=O) groups is 11. The van der Waals surface area contributed by atoms with E-state index in [1.54, 1.807) is 0 Å². The molecule has 396 valence electrons. The van der Waals surface area contributed by atoms with Gasteiger partial charge in [-0.3, -0.25) is 52.7 Å². The lowest BCUT2D eigenvalue weighted by Crippen LogP contribution is -2.71. The van der Waals surface area contributed by atoms with E-state index in [0.29, 0.717) is 30.4 Å². The molecule has 3 aliphatic carbocycles. The van der Waals surface area contributed by atoms with E-state index in [-0.39, 0.29) is 13.0 Å². The standard InChI is InChI=1S/C42H45N3O28/c43-45-44-6-1-7-68-40(10-14-8-20(54)21(55)9-19(14)53)38(29(59)28(58)22(11-46)69-40)73-42(34(63)25-16(50)3-5-18(52)27(25)57)35(64)30(60)32(71-42)23(12-47)70-41(33(62)24-15(49)2-4-17(51)26(24)56)36(65)31(61)37(72-41)39(66,67)13-48/h2-5,8,22-25,28-32,35-38,46-48,58-61,64-67H,1,6-7,9-13H2/t22-,23-,24?,25?,28-,29+,30+,31-,32+,35-,36-,37-,38+,40+,41-,42+/m1/s1. The van der Waals surface area contributed by atoms with Gasteiger partial charge in [-0.25, -0.2) is 0 Å². The highest BCUT2D eigenvalue weighted by molar-refractivity contribution is 6.53. The van der Waals surface area contributed by atoms with Crippen molar-refractivity contribution < 1.29 is 137 Å². The molecule has 3 aliphatic heterocycles. The monoisotopic (exact) mass is 1040 g/mol. The maximum Gasteiger partial charge on any atom is 0.260 e. The number of ether oxygens (including phenoxy) is 6. The van der Waals surface area contributed by atoms with Crippen molar-refractivity contribution in [3.8, 4) is 0 Å². The van der Waals surface area contributed by atoms with E-state index in [2.05, 4.69) is 10.0 Å². The molecule has 0 aromatic rings. The molecule has 31 nitrogen and oxygen atoms in total. The third-order valence-corrected chi connectivity index (χ3v) is 12.7. The minimum absolute atomic E-state index is 0.299. The summed E-state index contributed by atoms with van der Waals surface area (Å²) in [6, 6.07) is 0. The van der Waals surface area contributed by atoms with Gasteiger partial charge in [0.15, 0.2) is 29.2 Å². The third kappa shape index (κ3) is 10.0. The predicted molar refractivity (Wildman–Crippen MR) is 219 cm³/mol. The number of hydrogen-bond acceptors (Lipinski definition) is 29. The average molecular weight is 1040 g/mol. The van der Waals surface area contributed by atoms with Gasteiger partial charge in [-0.15, -0.1) is 0 Å². The number of allylic oxidation sites excluding steroid dienone is 5. The van der Waals surface area contributed by atoms with Crippen molar-refractivity contribution in [1.82, 2.24) is 0 Å². The van der Waals surface area contributed by atoms with Gasteiger partial charge in [0.2, 0.25) is 57.8 Å². The molecule has 3 saturated heterocycles. The van der Waals surface area contributed by atoms with Crippen molar-refractivity contribution in [2.45, 2.75) is 110 Å². The number of azide groups is 1. The molecule has 31 heteroatoms. The Balaban J connectivity index is 1.54. The number of hydrogen-bond donors (Lipinski definition) is 11. The Hall–Kier alpha value is -5.78. The predicted octanol–water partition coefficient (Wildman–Crippen LogP) is -9.07. The molecule has 3 fully saturated rings. The van der Waals surface area contributed by atoms with Crippen LogP contribution in [0.3, 0.4) is 0 Å². The summed E-state index contributed by atoms with van der Waals surface area (Å²) in [6.07, 6.45) is -30.7. The van der Waals surface area contributed by atoms with Crippen molar-refractivity contribution >= 4 is 63.6 Å². The summed E-state index contributed by atoms with van der Waals surface area (Å²) in [5, 5.41) is 125. The zero-order valence-electron chi connectivity index (χ0n) is 37.3. The molecule has 0 aromatic carbocycles. The quantitative estimate of drug-likeness (QED) is 0.0103. The SMILES string of the molecule is [N-]=[N+]=NCCCO[C@@]1(CC2=CC(=O)C(=O)CC2=O)O[C@H](CO)[C@@H](O)[C@H](O)[C@@H]1O[C@]1(C(=O)C2C(=O)C=CC(=O)C2=O)O[C@@H]([C@@H](CO)O[C@]2(C(=O)C3C(=O)C=CC(=O)C3=O)O[C@@H](C(O)(O)CO)[C@H](O)[C@H]2O)[C@H](O)[C@H]1O. The number of ketones is 11. The largest absolute Gasteiger partial charge is 0.394 e. The normalized spacial score (nSPS) is 37.5. The van der Waals surface area contributed by atoms with E-state index >= 15 is 0 Å². The van der Waals surface area contributed by atoms with Crippen LogP contribution in [0.4, 0.5) is 0 Å². The van der Waals surface area contributed by atoms with Gasteiger partial charge >= 0.3 is 0 Å². The summed E-state index contributed by atoms with van der Waals surface area (Å²) in [5.74, 6) is -38.3. The first-order valence-corrected chi connectivity index (χ1v) is 21.6. The van der Waals surface area contributed by atoms with Crippen molar-refractivity contribution in [1.29, 1.82) is 0 Å². The van der Waals surface area contributed by atoms with Gasteiger partial charge in [0.25, 0.3) is 11.6 Å². The Bertz CT molecular complexity index is 2520. The average Bonchev–Trinajstić information content (AvgIpc) is 3.77. The van der Waals surface area contributed by atoms with Gasteiger partial charge in [-0.2, -0.15) is 0 Å². The fraction of sp³-hybridized carbons (Fsp3) is 0.595. The Kier molecular flexibility index (Phi) is 16.7. The van der Waals surface area contributed by atoms with Crippen LogP contribution in [0.25, 0.3) is 10.4 Å². The Morgan fingerprint density at radius 3 is 1.88 bits per heavy atom. The number of Topliss-reactive ketones (excluding diaryl/α,β-unsaturated/α-hetero) is 6. The molecule has 3 heterocycles. The lowest BCUT2D eigenvalue weighted by Gasteiger charge is -2.52.